The Hall–Kier alpha value is -0.943. The minimum absolute atomic E-state index is 0.0189. The fourth-order valence-electron chi connectivity index (χ4n) is 11.4. The number of rotatable bonds is 3. The lowest BCUT2D eigenvalue weighted by Crippen LogP contribution is -2.67. The van der Waals surface area contributed by atoms with E-state index in [0.717, 1.165) is 32.1 Å². The van der Waals surface area contributed by atoms with Crippen molar-refractivity contribution in [3.05, 3.63) is 11.6 Å². The fourth-order valence-corrected chi connectivity index (χ4v) is 12.8. The Kier molecular flexibility index (Phi) is 7.37. The lowest BCUT2D eigenvalue weighted by Gasteiger charge is -2.71. The first-order valence-corrected chi connectivity index (χ1v) is 19.9. The maximum Gasteiger partial charge on any atom is 0.319 e. The average molecular weight is 599 g/mol. The lowest BCUT2D eigenvalue weighted by molar-refractivity contribution is -0.203. The molecule has 0 aliphatic heterocycles. The number of fused-ring (bicyclic) bond motifs is 7. The van der Waals surface area contributed by atoms with Crippen molar-refractivity contribution in [3.63, 3.8) is 0 Å². The van der Waals surface area contributed by atoms with Crippen LogP contribution < -0.4 is 0 Å². The van der Waals surface area contributed by atoms with Crippen molar-refractivity contribution in [2.75, 3.05) is 7.11 Å². The van der Waals surface area contributed by atoms with E-state index in [0.29, 0.717) is 30.8 Å². The van der Waals surface area contributed by atoms with E-state index in [1.807, 2.05) is 0 Å². The van der Waals surface area contributed by atoms with Gasteiger partial charge in [-0.3, -0.25) is 9.59 Å². The predicted octanol–water partition coefficient (Wildman–Crippen LogP) is 9.53. The molecule has 238 valence electrons. The number of methoxy groups -OCH3 is 1. The van der Waals surface area contributed by atoms with Crippen LogP contribution in [0.2, 0.25) is 18.1 Å². The van der Waals surface area contributed by atoms with Gasteiger partial charge in [0, 0.05) is 17.8 Å². The van der Waals surface area contributed by atoms with Crippen molar-refractivity contribution in [3.8, 4) is 0 Å². The highest BCUT2D eigenvalue weighted by Crippen LogP contribution is 2.75. The van der Waals surface area contributed by atoms with E-state index in [2.05, 4.69) is 88.4 Å². The molecule has 0 aromatic carbocycles. The summed E-state index contributed by atoms with van der Waals surface area (Å²) in [6.07, 6.45) is 11.4. The van der Waals surface area contributed by atoms with E-state index in [1.165, 1.54) is 25.5 Å². The van der Waals surface area contributed by atoms with Gasteiger partial charge in [-0.15, -0.1) is 0 Å². The SMILES string of the molecule is COC(=O)[C@]12CCC(C)(C)CC1C1=CCC3[C@@]4(C)CC[C@H](O[Si](C)(C)C(C)(C)C)C(C)(C)C4CC[C@@]3(C)[C@]1(C)CC2=O. The Bertz CT molecular complexity index is 1170. The number of hydrogen-bond donors (Lipinski definition) is 0. The van der Waals surface area contributed by atoms with Crippen molar-refractivity contribution in [2.45, 2.75) is 151 Å². The zero-order valence-electron chi connectivity index (χ0n) is 29.4. The van der Waals surface area contributed by atoms with Crippen LogP contribution in [0.5, 0.6) is 0 Å². The second kappa shape index (κ2) is 9.53. The highest BCUT2D eigenvalue weighted by atomic mass is 28.4. The Morgan fingerprint density at radius 2 is 1.57 bits per heavy atom. The molecule has 0 radical (unpaired) electrons. The van der Waals surface area contributed by atoms with E-state index >= 15 is 0 Å². The van der Waals surface area contributed by atoms with Crippen LogP contribution in [0.25, 0.3) is 0 Å². The van der Waals surface area contributed by atoms with Gasteiger partial charge in [-0.05, 0) is 103 Å². The van der Waals surface area contributed by atoms with E-state index in [1.54, 1.807) is 0 Å². The second-order valence-corrected chi connectivity index (χ2v) is 23.8. The van der Waals surface area contributed by atoms with Gasteiger partial charge in [0.25, 0.3) is 0 Å². The van der Waals surface area contributed by atoms with Gasteiger partial charge in [-0.1, -0.05) is 80.9 Å². The lowest BCUT2D eigenvalue weighted by atomic mass is 9.33. The standard InChI is InChI=1S/C37H62O4Si/c1-31(2,3)42(12,13)41-29-17-18-34(8)26(33(29,6)7)16-19-35(9)27(34)15-14-24-25-22-32(4,5)20-21-37(25,30(39)40-11)28(38)23-36(24,35)10/h14,25-27,29H,15-23H2,1-13H3/t25?,26?,27?,29-,34-,35+,36+,37+/m0/s1. The molecule has 0 amide bonds. The molecule has 5 rings (SSSR count). The van der Waals surface area contributed by atoms with Crippen molar-refractivity contribution >= 4 is 20.1 Å². The minimum Gasteiger partial charge on any atom is -0.468 e. The van der Waals surface area contributed by atoms with Crippen molar-refractivity contribution in [1.29, 1.82) is 0 Å². The first kappa shape index (κ1) is 32.5. The number of carbonyl (C=O) groups is 2. The molecule has 4 nitrogen and oxygen atoms in total. The summed E-state index contributed by atoms with van der Waals surface area (Å²) >= 11 is 0. The van der Waals surface area contributed by atoms with Crippen molar-refractivity contribution < 1.29 is 18.8 Å². The van der Waals surface area contributed by atoms with Gasteiger partial charge in [0.2, 0.25) is 0 Å². The van der Waals surface area contributed by atoms with Gasteiger partial charge in [0.1, 0.15) is 5.41 Å². The molecule has 3 unspecified atom stereocenters. The third kappa shape index (κ3) is 4.20. The quantitative estimate of drug-likeness (QED) is 0.140. The van der Waals surface area contributed by atoms with Gasteiger partial charge in [0.05, 0.1) is 13.2 Å². The van der Waals surface area contributed by atoms with E-state index in [9.17, 15) is 9.59 Å². The molecule has 0 spiro atoms. The van der Waals surface area contributed by atoms with Crippen LogP contribution in [-0.4, -0.2) is 33.3 Å². The smallest absolute Gasteiger partial charge is 0.319 e. The molecule has 5 aliphatic carbocycles. The summed E-state index contributed by atoms with van der Waals surface area (Å²) in [7, 11) is -0.418. The molecular weight excluding hydrogens is 536 g/mol. The molecule has 8 atom stereocenters. The first-order chi connectivity index (χ1) is 19.0. The maximum atomic E-state index is 14.4. The number of ether oxygens (including phenoxy) is 1. The summed E-state index contributed by atoms with van der Waals surface area (Å²) in [5.41, 5.74) is 0.609. The van der Waals surface area contributed by atoms with Crippen molar-refractivity contribution in [2.24, 2.45) is 50.2 Å². The molecule has 0 aromatic rings. The summed E-state index contributed by atoms with van der Waals surface area (Å²) in [5, 5.41) is 0.203. The average Bonchev–Trinajstić information content (AvgIpc) is 2.85. The van der Waals surface area contributed by atoms with Crippen LogP contribution in [0.15, 0.2) is 11.6 Å². The molecule has 4 saturated carbocycles. The van der Waals surface area contributed by atoms with E-state index in [4.69, 9.17) is 9.16 Å². The van der Waals surface area contributed by atoms with Crippen LogP contribution in [0.4, 0.5) is 0 Å². The molecule has 5 aliphatic rings. The van der Waals surface area contributed by atoms with Gasteiger partial charge < -0.3 is 9.16 Å². The van der Waals surface area contributed by atoms with Crippen LogP contribution >= 0.6 is 0 Å². The third-order valence-electron chi connectivity index (χ3n) is 15.2. The fraction of sp³-hybridized carbons (Fsp3) is 0.892. The monoisotopic (exact) mass is 598 g/mol. The number of esters is 1. The summed E-state index contributed by atoms with van der Waals surface area (Å²) in [4.78, 5) is 27.9. The highest BCUT2D eigenvalue weighted by molar-refractivity contribution is 6.74. The van der Waals surface area contributed by atoms with Crippen LogP contribution in [0.3, 0.4) is 0 Å². The molecule has 0 saturated heterocycles. The van der Waals surface area contributed by atoms with Crippen molar-refractivity contribution in [1.82, 2.24) is 0 Å². The number of Topliss-reactive ketones (excluding diaryl/α,β-unsaturated/α-hetero) is 1. The van der Waals surface area contributed by atoms with Crippen LogP contribution in [0, 0.1) is 50.2 Å². The summed E-state index contributed by atoms with van der Waals surface area (Å²) in [6, 6.07) is 0. The molecule has 5 heteroatoms. The molecular formula is C37H62O4Si. The Balaban J connectivity index is 1.54. The van der Waals surface area contributed by atoms with Crippen LogP contribution in [-0.2, 0) is 18.8 Å². The van der Waals surface area contributed by atoms with E-state index in [-0.39, 0.29) is 49.8 Å². The largest absolute Gasteiger partial charge is 0.468 e. The maximum absolute atomic E-state index is 14.4. The second-order valence-electron chi connectivity index (χ2n) is 19.0. The van der Waals surface area contributed by atoms with Gasteiger partial charge in [-0.25, -0.2) is 0 Å². The molecule has 42 heavy (non-hydrogen) atoms. The molecule has 4 fully saturated rings. The minimum atomic E-state index is -1.89. The molecule has 0 heterocycles. The molecule has 0 aromatic heterocycles. The normalized spacial score (nSPS) is 44.6. The molecule has 0 N–H and O–H groups in total. The first-order valence-electron chi connectivity index (χ1n) is 17.0. The summed E-state index contributed by atoms with van der Waals surface area (Å²) in [5.74, 6) is 0.914. The predicted molar refractivity (Wildman–Crippen MR) is 174 cm³/mol. The number of ketones is 1. The highest BCUT2D eigenvalue weighted by Gasteiger charge is 2.71. The zero-order chi connectivity index (χ0) is 31.5. The Labute approximate surface area is 258 Å². The number of allylic oxidation sites excluding steroid dienone is 2. The Morgan fingerprint density at radius 3 is 2.17 bits per heavy atom. The van der Waals surface area contributed by atoms with Gasteiger partial charge in [-0.2, -0.15) is 0 Å². The topological polar surface area (TPSA) is 52.6 Å². The van der Waals surface area contributed by atoms with Gasteiger partial charge >= 0.3 is 5.97 Å². The summed E-state index contributed by atoms with van der Waals surface area (Å²) in [6.45, 7) is 29.0. The van der Waals surface area contributed by atoms with Crippen LogP contribution in [0.1, 0.15) is 127 Å². The van der Waals surface area contributed by atoms with E-state index < -0.39 is 13.7 Å². The molecule has 0 bridgehead atoms. The number of hydrogen-bond acceptors (Lipinski definition) is 4. The number of carbonyl (C=O) groups excluding carboxylic acids is 2. The van der Waals surface area contributed by atoms with Gasteiger partial charge in [0.15, 0.2) is 14.1 Å². The Morgan fingerprint density at radius 1 is 0.929 bits per heavy atom. The summed E-state index contributed by atoms with van der Waals surface area (Å²) < 4.78 is 12.6. The zero-order valence-corrected chi connectivity index (χ0v) is 30.4. The third-order valence-corrected chi connectivity index (χ3v) is 19.7.